The summed E-state index contributed by atoms with van der Waals surface area (Å²) in [5.41, 5.74) is 14.9. The van der Waals surface area contributed by atoms with E-state index < -0.39 is 0 Å². The molecule has 2 aromatic rings. The van der Waals surface area contributed by atoms with Gasteiger partial charge in [0.05, 0.1) is 11.4 Å². The number of carbonyl (C=O) groups is 1. The van der Waals surface area contributed by atoms with E-state index in [4.69, 9.17) is 16.6 Å². The number of benzene rings is 2. The van der Waals surface area contributed by atoms with E-state index in [0.29, 0.717) is 11.4 Å². The van der Waals surface area contributed by atoms with Crippen LogP contribution in [-0.2, 0) is 0 Å². The first-order valence-corrected chi connectivity index (χ1v) is 10.1. The molecule has 32 heavy (non-hydrogen) atoms. The summed E-state index contributed by atoms with van der Waals surface area (Å²) >= 11 is 0. The largest absolute Gasteiger partial charge is 0.369 e. The fourth-order valence-corrected chi connectivity index (χ4v) is 2.70. The van der Waals surface area contributed by atoms with Gasteiger partial charge in [-0.15, -0.1) is 0 Å². The van der Waals surface area contributed by atoms with Gasteiger partial charge >= 0.3 is 6.03 Å². The van der Waals surface area contributed by atoms with Crippen LogP contribution in [0.3, 0.4) is 0 Å². The molecule has 0 aliphatic heterocycles. The lowest BCUT2D eigenvalue weighted by atomic mass is 10.1. The van der Waals surface area contributed by atoms with Gasteiger partial charge in [-0.1, -0.05) is 37.6 Å². The third kappa shape index (κ3) is 7.90. The summed E-state index contributed by atoms with van der Waals surface area (Å²) in [7, 11) is 0. The van der Waals surface area contributed by atoms with Crippen LogP contribution < -0.4 is 27.2 Å². The molecule has 0 bridgehead atoms. The normalized spacial score (nSPS) is 11.5. The third-order valence-electron chi connectivity index (χ3n) is 4.23. The molecule has 10 nitrogen and oxygen atoms in total. The molecule has 10 heteroatoms. The van der Waals surface area contributed by atoms with Gasteiger partial charge in [0.25, 0.3) is 0 Å². The van der Waals surface area contributed by atoms with E-state index in [2.05, 4.69) is 31.7 Å². The second-order valence-corrected chi connectivity index (χ2v) is 7.00. The van der Waals surface area contributed by atoms with Crippen LogP contribution in [0.15, 0.2) is 58.7 Å². The van der Waals surface area contributed by atoms with Crippen molar-refractivity contribution in [2.24, 2.45) is 15.9 Å². The number of hydrogen-bond acceptors (Lipinski definition) is 5. The summed E-state index contributed by atoms with van der Waals surface area (Å²) in [6.45, 7) is 5.49. The summed E-state index contributed by atoms with van der Waals surface area (Å²) in [6.07, 6.45) is 1.62. The Kier molecular flexibility index (Phi) is 8.91. The molecular formula is C22H29N9O. The molecule has 0 saturated heterocycles. The molecule has 0 spiro atoms. The summed E-state index contributed by atoms with van der Waals surface area (Å²) in [5.74, 6) is 0.0381. The zero-order valence-electron chi connectivity index (χ0n) is 18.4. The minimum Gasteiger partial charge on any atom is -0.369 e. The molecule has 8 N–H and O–H groups in total. The van der Waals surface area contributed by atoms with Gasteiger partial charge in [-0.05, 0) is 55.7 Å². The quantitative estimate of drug-likeness (QED) is 0.191. The van der Waals surface area contributed by atoms with Gasteiger partial charge in [-0.3, -0.25) is 16.2 Å². The van der Waals surface area contributed by atoms with Crippen LogP contribution in [0.1, 0.15) is 44.7 Å². The molecular weight excluding hydrogens is 406 g/mol. The van der Waals surface area contributed by atoms with Crippen molar-refractivity contribution in [1.29, 1.82) is 10.8 Å². The first kappa shape index (κ1) is 24.1. The lowest BCUT2D eigenvalue weighted by molar-refractivity contribution is 0.262. The molecule has 2 rings (SSSR count). The topological polar surface area (TPSA) is 164 Å². The maximum absolute atomic E-state index is 12.3. The Bertz CT molecular complexity index is 1010. The van der Waals surface area contributed by atoms with E-state index in [1.807, 2.05) is 38.1 Å². The van der Waals surface area contributed by atoms with Crippen molar-refractivity contribution in [3.8, 4) is 0 Å². The van der Waals surface area contributed by atoms with E-state index in [1.54, 1.807) is 31.2 Å². The zero-order valence-corrected chi connectivity index (χ0v) is 18.4. The number of hydrogen-bond donors (Lipinski definition) is 7. The second-order valence-electron chi connectivity index (χ2n) is 7.00. The third-order valence-corrected chi connectivity index (χ3v) is 4.23. The van der Waals surface area contributed by atoms with E-state index in [-0.39, 0.29) is 17.8 Å². The highest BCUT2D eigenvalue weighted by Gasteiger charge is 2.07. The molecule has 2 aromatic carbocycles. The lowest BCUT2D eigenvalue weighted by Crippen LogP contribution is -2.27. The van der Waals surface area contributed by atoms with Gasteiger partial charge < -0.3 is 16.4 Å². The van der Waals surface area contributed by atoms with Crippen LogP contribution in [-0.4, -0.2) is 29.2 Å². The number of amides is 2. The molecule has 2 amide bonds. The molecule has 0 aliphatic rings. The molecule has 0 unspecified atom stereocenters. The van der Waals surface area contributed by atoms with Crippen molar-refractivity contribution in [3.05, 3.63) is 59.7 Å². The van der Waals surface area contributed by atoms with E-state index in [1.165, 1.54) is 0 Å². The highest BCUT2D eigenvalue weighted by molar-refractivity contribution is 6.03. The van der Waals surface area contributed by atoms with Crippen molar-refractivity contribution in [2.75, 3.05) is 10.6 Å². The molecule has 168 valence electrons. The van der Waals surface area contributed by atoms with Crippen LogP contribution in [0.4, 0.5) is 16.2 Å². The smallest absolute Gasteiger partial charge is 0.323 e. The summed E-state index contributed by atoms with van der Waals surface area (Å²) in [4.78, 5) is 12.3. The SMILES string of the molecule is CCC/C(=N\NC(=N)N)c1ccc(NC(=O)Nc2ccc(/C(C)=N/NC(C)=N)cc2)cc1. The van der Waals surface area contributed by atoms with Crippen molar-refractivity contribution in [2.45, 2.75) is 33.6 Å². The molecule has 0 radical (unpaired) electrons. The fraction of sp³-hybridized carbons (Fsp3) is 0.227. The number of nitrogens with two attached hydrogens (primary N) is 1. The molecule has 0 heterocycles. The van der Waals surface area contributed by atoms with Gasteiger partial charge in [0, 0.05) is 11.4 Å². The standard InChI is InChI=1S/C22H29N9O/c1-4-5-20(30-31-21(24)25)17-8-12-19(13-9-17)27-22(32)26-18-10-6-16(7-11-18)14(2)28-29-15(3)23/h6-13H,4-5H2,1-3H3,(H2,23,29)(H4,24,25,31)(H2,26,27,32)/b28-14+,30-20+. The highest BCUT2D eigenvalue weighted by Crippen LogP contribution is 2.14. The van der Waals surface area contributed by atoms with E-state index in [0.717, 1.165) is 35.4 Å². The molecule has 0 aliphatic carbocycles. The summed E-state index contributed by atoms with van der Waals surface area (Å²) < 4.78 is 0. The number of carbonyl (C=O) groups excluding carboxylic acids is 1. The number of rotatable bonds is 8. The number of guanidine groups is 1. The number of nitrogens with one attached hydrogen (secondary N) is 6. The Balaban J connectivity index is 1.98. The minimum absolute atomic E-state index is 0.220. The van der Waals surface area contributed by atoms with Crippen LogP contribution in [0.25, 0.3) is 0 Å². The first-order valence-electron chi connectivity index (χ1n) is 10.1. The number of hydrazone groups is 2. The Morgan fingerprint density at radius 3 is 1.88 bits per heavy atom. The zero-order chi connectivity index (χ0) is 23.5. The molecule has 0 fully saturated rings. The highest BCUT2D eigenvalue weighted by atomic mass is 16.2. The minimum atomic E-state index is -0.363. The maximum Gasteiger partial charge on any atom is 0.323 e. The molecule has 0 saturated carbocycles. The van der Waals surface area contributed by atoms with E-state index in [9.17, 15) is 4.79 Å². The number of amidine groups is 1. The lowest BCUT2D eigenvalue weighted by Gasteiger charge is -2.10. The van der Waals surface area contributed by atoms with Gasteiger partial charge in [-0.25, -0.2) is 10.2 Å². The average Bonchev–Trinajstić information content (AvgIpc) is 2.76. The Hall–Kier alpha value is -4.21. The van der Waals surface area contributed by atoms with Gasteiger partial charge in [0.1, 0.15) is 5.84 Å². The monoisotopic (exact) mass is 435 g/mol. The van der Waals surface area contributed by atoms with Gasteiger partial charge in [-0.2, -0.15) is 10.2 Å². The van der Waals surface area contributed by atoms with Crippen molar-refractivity contribution < 1.29 is 4.79 Å². The number of nitrogens with zero attached hydrogens (tertiary/aromatic N) is 2. The van der Waals surface area contributed by atoms with Gasteiger partial charge in [0.2, 0.25) is 5.96 Å². The number of anilines is 2. The van der Waals surface area contributed by atoms with Gasteiger partial charge in [0.15, 0.2) is 0 Å². The summed E-state index contributed by atoms with van der Waals surface area (Å²) in [6, 6.07) is 14.2. The van der Waals surface area contributed by atoms with Crippen molar-refractivity contribution in [3.63, 3.8) is 0 Å². The first-order chi connectivity index (χ1) is 15.3. The van der Waals surface area contributed by atoms with E-state index >= 15 is 0 Å². The Morgan fingerprint density at radius 1 is 0.875 bits per heavy atom. The number of urea groups is 1. The van der Waals surface area contributed by atoms with Crippen molar-refractivity contribution in [1.82, 2.24) is 10.9 Å². The van der Waals surface area contributed by atoms with Crippen LogP contribution >= 0.6 is 0 Å². The summed E-state index contributed by atoms with van der Waals surface area (Å²) in [5, 5.41) is 28.4. The molecule has 0 aromatic heterocycles. The maximum atomic E-state index is 12.3. The predicted octanol–water partition coefficient (Wildman–Crippen LogP) is 3.63. The van der Waals surface area contributed by atoms with Crippen molar-refractivity contribution >= 4 is 40.6 Å². The van der Waals surface area contributed by atoms with Crippen LogP contribution in [0.2, 0.25) is 0 Å². The molecule has 0 atom stereocenters. The Labute approximate surface area is 187 Å². The Morgan fingerprint density at radius 2 is 1.41 bits per heavy atom. The predicted molar refractivity (Wildman–Crippen MR) is 131 cm³/mol. The average molecular weight is 436 g/mol. The van der Waals surface area contributed by atoms with Crippen LogP contribution in [0.5, 0.6) is 0 Å². The van der Waals surface area contributed by atoms with Crippen LogP contribution in [0, 0.1) is 10.8 Å². The fourth-order valence-electron chi connectivity index (χ4n) is 2.70. The second kappa shape index (κ2) is 11.8.